The van der Waals surface area contributed by atoms with Gasteiger partial charge < -0.3 is 20.2 Å². The lowest BCUT2D eigenvalue weighted by Crippen LogP contribution is -2.33. The van der Waals surface area contributed by atoms with Crippen molar-refractivity contribution in [2.45, 2.75) is 31.8 Å². The number of nitrogens with one attached hydrogen (secondary N) is 1. The van der Waals surface area contributed by atoms with E-state index in [0.717, 1.165) is 48.9 Å². The summed E-state index contributed by atoms with van der Waals surface area (Å²) in [5.41, 5.74) is 2.93. The molecule has 0 aliphatic heterocycles. The molecule has 0 spiro atoms. The molecule has 5 heteroatoms. The standard InChI is InChI=1S/C23H29N3O2/c1-26(14-3-2-7-18-8-4-9-19(24)15-18)16-20(27)17-28-23-12-5-11-22-21(23)10-6-13-25-22/h4-6,8-13,20,24,27H,2-3,7,14-17H2,1H3. The van der Waals surface area contributed by atoms with Gasteiger partial charge in [0.2, 0.25) is 0 Å². The lowest BCUT2D eigenvalue weighted by molar-refractivity contribution is 0.0765. The van der Waals surface area contributed by atoms with Crippen LogP contribution >= 0.6 is 0 Å². The predicted molar refractivity (Wildman–Crippen MR) is 114 cm³/mol. The molecular formula is C23H29N3O2. The SMILES string of the molecule is CN(CCCCC1=CC=CC(=N)C1)CC(O)COc1cccc2ncccc12. The summed E-state index contributed by atoms with van der Waals surface area (Å²) >= 11 is 0. The van der Waals surface area contributed by atoms with Crippen LogP contribution in [0.1, 0.15) is 25.7 Å². The molecule has 3 rings (SSSR count). The number of unbranched alkanes of at least 4 members (excludes halogenated alkanes) is 1. The third kappa shape index (κ3) is 6.01. The van der Waals surface area contributed by atoms with Crippen LogP contribution in [0.2, 0.25) is 0 Å². The number of rotatable bonds is 10. The summed E-state index contributed by atoms with van der Waals surface area (Å²) < 4.78 is 5.85. The van der Waals surface area contributed by atoms with E-state index in [1.165, 1.54) is 5.57 Å². The topological polar surface area (TPSA) is 69.4 Å². The van der Waals surface area contributed by atoms with Crippen LogP contribution < -0.4 is 4.74 Å². The van der Waals surface area contributed by atoms with Crippen molar-refractivity contribution in [1.82, 2.24) is 9.88 Å². The Morgan fingerprint density at radius 2 is 2.14 bits per heavy atom. The van der Waals surface area contributed by atoms with Crippen LogP contribution in [-0.2, 0) is 0 Å². The van der Waals surface area contributed by atoms with E-state index >= 15 is 0 Å². The minimum absolute atomic E-state index is 0.264. The number of hydrogen-bond acceptors (Lipinski definition) is 5. The Bertz CT molecular complexity index is 855. The molecule has 1 aliphatic rings. The van der Waals surface area contributed by atoms with Gasteiger partial charge in [-0.25, -0.2) is 0 Å². The Morgan fingerprint density at radius 3 is 3.00 bits per heavy atom. The molecule has 1 aromatic carbocycles. The van der Waals surface area contributed by atoms with Crippen LogP contribution in [-0.4, -0.2) is 53.6 Å². The van der Waals surface area contributed by atoms with Crippen LogP contribution in [0.4, 0.5) is 0 Å². The molecule has 0 saturated carbocycles. The molecule has 28 heavy (non-hydrogen) atoms. The number of allylic oxidation sites excluding steroid dienone is 4. The molecular weight excluding hydrogens is 350 g/mol. The average Bonchev–Trinajstić information content (AvgIpc) is 2.70. The highest BCUT2D eigenvalue weighted by molar-refractivity contribution is 5.95. The third-order valence-electron chi connectivity index (χ3n) is 4.89. The first-order valence-electron chi connectivity index (χ1n) is 9.88. The van der Waals surface area contributed by atoms with E-state index in [9.17, 15) is 5.11 Å². The van der Waals surface area contributed by atoms with Gasteiger partial charge >= 0.3 is 0 Å². The van der Waals surface area contributed by atoms with E-state index < -0.39 is 6.10 Å². The summed E-state index contributed by atoms with van der Waals surface area (Å²) in [6.07, 6.45) is 11.2. The third-order valence-corrected chi connectivity index (χ3v) is 4.89. The number of hydrogen-bond donors (Lipinski definition) is 2. The zero-order valence-corrected chi connectivity index (χ0v) is 16.5. The summed E-state index contributed by atoms with van der Waals surface area (Å²) in [4.78, 5) is 6.48. The Balaban J connectivity index is 1.36. The van der Waals surface area contributed by atoms with Gasteiger partial charge in [0.05, 0.1) is 5.52 Å². The summed E-state index contributed by atoms with van der Waals surface area (Å²) in [6, 6.07) is 9.66. The Kier molecular flexibility index (Phi) is 7.34. The molecule has 1 unspecified atom stereocenters. The molecule has 148 valence electrons. The Morgan fingerprint density at radius 1 is 1.25 bits per heavy atom. The maximum atomic E-state index is 10.3. The van der Waals surface area contributed by atoms with Crippen molar-refractivity contribution in [2.24, 2.45) is 0 Å². The maximum absolute atomic E-state index is 10.3. The number of aromatic nitrogens is 1. The predicted octanol–water partition coefficient (Wildman–Crippen LogP) is 3.98. The molecule has 0 amide bonds. The summed E-state index contributed by atoms with van der Waals surface area (Å²) in [7, 11) is 2.03. The summed E-state index contributed by atoms with van der Waals surface area (Å²) in [5.74, 6) is 0.757. The number of aliphatic hydroxyl groups excluding tert-OH is 1. The Hall–Kier alpha value is -2.50. The normalized spacial score (nSPS) is 15.1. The van der Waals surface area contributed by atoms with E-state index in [0.29, 0.717) is 12.3 Å². The molecule has 0 radical (unpaired) electrons. The fraction of sp³-hybridized carbons (Fsp3) is 0.391. The second-order valence-corrected chi connectivity index (χ2v) is 7.40. The average molecular weight is 380 g/mol. The van der Waals surface area contributed by atoms with E-state index in [4.69, 9.17) is 10.1 Å². The fourth-order valence-corrected chi connectivity index (χ4v) is 3.46. The fourth-order valence-electron chi connectivity index (χ4n) is 3.46. The minimum atomic E-state index is -0.538. The van der Waals surface area contributed by atoms with Crippen molar-refractivity contribution in [3.05, 3.63) is 60.3 Å². The second-order valence-electron chi connectivity index (χ2n) is 7.40. The van der Waals surface area contributed by atoms with Gasteiger partial charge in [0.15, 0.2) is 0 Å². The number of aliphatic hydroxyl groups is 1. The first kappa shape index (κ1) is 20.2. The number of likely N-dealkylation sites (N-methyl/N-ethyl adjacent to an activating group) is 1. The molecule has 2 N–H and O–H groups in total. The summed E-state index contributed by atoms with van der Waals surface area (Å²) in [5, 5.41) is 19.0. The van der Waals surface area contributed by atoms with Gasteiger partial charge in [-0.1, -0.05) is 23.8 Å². The second kappa shape index (κ2) is 10.2. The molecule has 1 atom stereocenters. The van der Waals surface area contributed by atoms with Crippen LogP contribution in [0, 0.1) is 5.41 Å². The highest BCUT2D eigenvalue weighted by atomic mass is 16.5. The number of benzene rings is 1. The van der Waals surface area contributed by atoms with Crippen molar-refractivity contribution in [2.75, 3.05) is 26.7 Å². The van der Waals surface area contributed by atoms with Crippen LogP contribution in [0.25, 0.3) is 10.9 Å². The quantitative estimate of drug-likeness (QED) is 0.613. The zero-order chi connectivity index (χ0) is 19.8. The first-order chi connectivity index (χ1) is 13.6. The molecule has 1 aliphatic carbocycles. The number of ether oxygens (including phenoxy) is 1. The molecule has 0 bridgehead atoms. The molecule has 5 nitrogen and oxygen atoms in total. The lowest BCUT2D eigenvalue weighted by Gasteiger charge is -2.21. The van der Waals surface area contributed by atoms with Crippen LogP contribution in [0.3, 0.4) is 0 Å². The van der Waals surface area contributed by atoms with E-state index in [1.54, 1.807) is 6.20 Å². The largest absolute Gasteiger partial charge is 0.490 e. The highest BCUT2D eigenvalue weighted by Gasteiger charge is 2.11. The van der Waals surface area contributed by atoms with E-state index in [-0.39, 0.29) is 6.61 Å². The van der Waals surface area contributed by atoms with Crippen molar-refractivity contribution in [1.29, 1.82) is 5.41 Å². The van der Waals surface area contributed by atoms with Gasteiger partial charge in [0, 0.05) is 30.3 Å². The van der Waals surface area contributed by atoms with Gasteiger partial charge in [0.25, 0.3) is 0 Å². The van der Waals surface area contributed by atoms with E-state index in [2.05, 4.69) is 16.0 Å². The monoisotopic (exact) mass is 379 g/mol. The lowest BCUT2D eigenvalue weighted by atomic mass is 9.98. The highest BCUT2D eigenvalue weighted by Crippen LogP contribution is 2.23. The van der Waals surface area contributed by atoms with Gasteiger partial charge in [-0.2, -0.15) is 0 Å². The molecule has 0 fully saturated rings. The van der Waals surface area contributed by atoms with E-state index in [1.807, 2.05) is 49.5 Å². The molecule has 0 saturated heterocycles. The minimum Gasteiger partial charge on any atom is -0.490 e. The van der Waals surface area contributed by atoms with Crippen molar-refractivity contribution in [3.8, 4) is 5.75 Å². The maximum Gasteiger partial charge on any atom is 0.128 e. The van der Waals surface area contributed by atoms with Gasteiger partial charge in [-0.15, -0.1) is 0 Å². The molecule has 1 aromatic heterocycles. The smallest absolute Gasteiger partial charge is 0.128 e. The van der Waals surface area contributed by atoms with Crippen molar-refractivity contribution >= 4 is 16.6 Å². The first-order valence-corrected chi connectivity index (χ1v) is 9.88. The van der Waals surface area contributed by atoms with Crippen molar-refractivity contribution in [3.63, 3.8) is 0 Å². The Labute approximate surface area is 166 Å². The van der Waals surface area contributed by atoms with Crippen LogP contribution in [0.15, 0.2) is 60.3 Å². The number of pyridine rings is 1. The summed E-state index contributed by atoms with van der Waals surface area (Å²) in [6.45, 7) is 1.79. The van der Waals surface area contributed by atoms with Gasteiger partial charge in [-0.3, -0.25) is 4.98 Å². The molecule has 1 heterocycles. The van der Waals surface area contributed by atoms with Crippen molar-refractivity contribution < 1.29 is 9.84 Å². The van der Waals surface area contributed by atoms with Crippen LogP contribution in [0.5, 0.6) is 5.75 Å². The zero-order valence-electron chi connectivity index (χ0n) is 16.5. The molecule has 2 aromatic rings. The number of fused-ring (bicyclic) bond motifs is 1. The van der Waals surface area contributed by atoms with Gasteiger partial charge in [0.1, 0.15) is 18.5 Å². The van der Waals surface area contributed by atoms with Gasteiger partial charge in [-0.05, 0) is 63.2 Å². The number of nitrogens with zero attached hydrogens (tertiary/aromatic N) is 2.